The second kappa shape index (κ2) is 22.5. The molecule has 7 heteroatoms. The van der Waals surface area contributed by atoms with Crippen LogP contribution in [0.25, 0.3) is 0 Å². The number of carbonyl (C=O) groups is 1. The summed E-state index contributed by atoms with van der Waals surface area (Å²) in [4.78, 5) is 11.7. The molecule has 42 heavy (non-hydrogen) atoms. The van der Waals surface area contributed by atoms with Gasteiger partial charge in [-0.05, 0) is 45.1 Å². The van der Waals surface area contributed by atoms with Crippen LogP contribution in [-0.2, 0) is 14.3 Å². The Balaban J connectivity index is 1.43. The van der Waals surface area contributed by atoms with Crippen molar-refractivity contribution < 1.29 is 34.7 Å². The lowest BCUT2D eigenvalue weighted by Crippen LogP contribution is -2.33. The van der Waals surface area contributed by atoms with Crippen LogP contribution in [0, 0.1) is 0 Å². The van der Waals surface area contributed by atoms with Crippen LogP contribution in [0.4, 0.5) is 0 Å². The van der Waals surface area contributed by atoms with Crippen LogP contribution in [0.15, 0.2) is 11.6 Å². The molecule has 1 saturated heterocycles. The molecule has 2 aliphatic rings. The molecule has 0 aliphatic carbocycles. The molecule has 2 aliphatic heterocycles. The molecule has 0 aromatic heterocycles. The van der Waals surface area contributed by atoms with Crippen LogP contribution < -0.4 is 0 Å². The molecule has 2 rings (SSSR count). The highest BCUT2D eigenvalue weighted by Gasteiger charge is 2.35. The number of ether oxygens (including phenoxy) is 2. The Hall–Kier alpha value is -0.990. The zero-order valence-electron chi connectivity index (χ0n) is 26.9. The number of cyclic esters (lactones) is 1. The number of aliphatic hydroxyl groups is 4. The molecule has 0 radical (unpaired) electrons. The standard InChI is InChI=1S/C35H64O7/c1-3-4-5-6-7-8-9-10-11-12-13-18-21-31(38)33-22-23-34(42-33)32(39)26-30(37)20-17-15-14-16-19-29(36)25-28-24-27(2)41-35(28)40/h24,27,29-34,36-39H,3-23,25-26H2,1-2H3. The highest BCUT2D eigenvalue weighted by molar-refractivity contribution is 5.90. The summed E-state index contributed by atoms with van der Waals surface area (Å²) in [5, 5.41) is 41.9. The van der Waals surface area contributed by atoms with Crippen molar-refractivity contribution in [2.24, 2.45) is 0 Å². The van der Waals surface area contributed by atoms with E-state index < -0.39 is 24.4 Å². The fourth-order valence-corrected chi connectivity index (χ4v) is 6.43. The zero-order chi connectivity index (χ0) is 30.6. The summed E-state index contributed by atoms with van der Waals surface area (Å²) in [6, 6.07) is 0. The SMILES string of the molecule is CCCCCCCCCCCCCCC(O)C1CCC(C(O)CC(O)CCCCCCC(O)CC2=CC(C)OC2=O)O1. The topological polar surface area (TPSA) is 116 Å². The minimum absolute atomic E-state index is 0.202. The van der Waals surface area contributed by atoms with Gasteiger partial charge < -0.3 is 29.9 Å². The molecular weight excluding hydrogens is 532 g/mol. The molecule has 7 atom stereocenters. The summed E-state index contributed by atoms with van der Waals surface area (Å²) in [5.41, 5.74) is 0.573. The third kappa shape index (κ3) is 16.2. The summed E-state index contributed by atoms with van der Waals surface area (Å²) >= 11 is 0. The molecule has 7 unspecified atom stereocenters. The number of esters is 1. The fraction of sp³-hybridized carbons (Fsp3) is 0.914. The van der Waals surface area contributed by atoms with Crippen LogP contribution in [0.3, 0.4) is 0 Å². The van der Waals surface area contributed by atoms with Crippen LogP contribution in [0.1, 0.15) is 162 Å². The predicted octanol–water partition coefficient (Wildman–Crippen LogP) is 7.06. The monoisotopic (exact) mass is 596 g/mol. The van der Waals surface area contributed by atoms with E-state index in [2.05, 4.69) is 6.92 Å². The van der Waals surface area contributed by atoms with Gasteiger partial charge in [0.15, 0.2) is 0 Å². The van der Waals surface area contributed by atoms with Gasteiger partial charge >= 0.3 is 5.97 Å². The quantitative estimate of drug-likeness (QED) is 0.0624. The largest absolute Gasteiger partial charge is 0.455 e. The smallest absolute Gasteiger partial charge is 0.334 e. The van der Waals surface area contributed by atoms with E-state index in [1.54, 1.807) is 6.08 Å². The molecule has 0 amide bonds. The first-order valence-electron chi connectivity index (χ1n) is 17.6. The third-order valence-corrected chi connectivity index (χ3v) is 9.08. The molecule has 2 heterocycles. The summed E-state index contributed by atoms with van der Waals surface area (Å²) in [6.07, 6.45) is 22.2. The first-order chi connectivity index (χ1) is 20.3. The molecule has 0 bridgehead atoms. The highest BCUT2D eigenvalue weighted by atomic mass is 16.5. The minimum Gasteiger partial charge on any atom is -0.455 e. The van der Waals surface area contributed by atoms with E-state index in [0.717, 1.165) is 57.8 Å². The second-order valence-electron chi connectivity index (χ2n) is 13.1. The van der Waals surface area contributed by atoms with Gasteiger partial charge in [0, 0.05) is 18.4 Å². The van der Waals surface area contributed by atoms with E-state index in [9.17, 15) is 25.2 Å². The van der Waals surface area contributed by atoms with Gasteiger partial charge in [0.2, 0.25) is 0 Å². The molecule has 4 N–H and O–H groups in total. The Morgan fingerprint density at radius 2 is 1.17 bits per heavy atom. The lowest BCUT2D eigenvalue weighted by molar-refractivity contribution is -0.139. The van der Waals surface area contributed by atoms with Gasteiger partial charge in [-0.3, -0.25) is 0 Å². The number of aliphatic hydroxyl groups excluding tert-OH is 4. The number of rotatable bonds is 26. The van der Waals surface area contributed by atoms with E-state index in [1.807, 2.05) is 6.92 Å². The summed E-state index contributed by atoms with van der Waals surface area (Å²) in [7, 11) is 0. The highest BCUT2D eigenvalue weighted by Crippen LogP contribution is 2.29. The van der Waals surface area contributed by atoms with Gasteiger partial charge in [-0.1, -0.05) is 110 Å². The molecule has 0 spiro atoms. The maximum atomic E-state index is 11.7. The molecule has 0 saturated carbocycles. The number of carbonyl (C=O) groups excluding carboxylic acids is 1. The molecule has 1 fully saturated rings. The Morgan fingerprint density at radius 3 is 1.69 bits per heavy atom. The van der Waals surface area contributed by atoms with Crippen LogP contribution in [-0.4, -0.2) is 69.1 Å². The Kier molecular flexibility index (Phi) is 19.9. The Labute approximate surface area is 256 Å². The van der Waals surface area contributed by atoms with E-state index in [1.165, 1.54) is 64.2 Å². The second-order valence-corrected chi connectivity index (χ2v) is 13.1. The van der Waals surface area contributed by atoms with Gasteiger partial charge in [-0.2, -0.15) is 0 Å². The fourth-order valence-electron chi connectivity index (χ4n) is 6.43. The van der Waals surface area contributed by atoms with Gasteiger partial charge in [-0.15, -0.1) is 0 Å². The minimum atomic E-state index is -0.710. The Morgan fingerprint density at radius 1 is 0.690 bits per heavy atom. The maximum absolute atomic E-state index is 11.7. The van der Waals surface area contributed by atoms with Crippen molar-refractivity contribution in [3.8, 4) is 0 Å². The lowest BCUT2D eigenvalue weighted by Gasteiger charge is -2.23. The molecular formula is C35H64O7. The van der Waals surface area contributed by atoms with Crippen LogP contribution in [0.2, 0.25) is 0 Å². The lowest BCUT2D eigenvalue weighted by atomic mass is 9.98. The van der Waals surface area contributed by atoms with Crippen LogP contribution >= 0.6 is 0 Å². The third-order valence-electron chi connectivity index (χ3n) is 9.08. The average Bonchev–Trinajstić information content (AvgIpc) is 3.57. The number of hydrogen-bond acceptors (Lipinski definition) is 7. The molecule has 246 valence electrons. The van der Waals surface area contributed by atoms with Crippen molar-refractivity contribution >= 4 is 5.97 Å². The Bertz CT molecular complexity index is 726. The van der Waals surface area contributed by atoms with Gasteiger partial charge in [0.25, 0.3) is 0 Å². The average molecular weight is 597 g/mol. The van der Waals surface area contributed by atoms with Crippen molar-refractivity contribution in [2.45, 2.75) is 204 Å². The van der Waals surface area contributed by atoms with E-state index in [-0.39, 0.29) is 24.3 Å². The van der Waals surface area contributed by atoms with Crippen molar-refractivity contribution in [1.29, 1.82) is 0 Å². The number of hydrogen-bond donors (Lipinski definition) is 4. The zero-order valence-corrected chi connectivity index (χ0v) is 26.9. The summed E-state index contributed by atoms with van der Waals surface area (Å²) in [6.45, 7) is 4.07. The van der Waals surface area contributed by atoms with E-state index in [0.29, 0.717) is 31.3 Å². The van der Waals surface area contributed by atoms with Crippen molar-refractivity contribution in [1.82, 2.24) is 0 Å². The summed E-state index contributed by atoms with van der Waals surface area (Å²) in [5.74, 6) is -0.317. The van der Waals surface area contributed by atoms with Crippen molar-refractivity contribution in [2.75, 3.05) is 0 Å². The van der Waals surface area contributed by atoms with E-state index >= 15 is 0 Å². The van der Waals surface area contributed by atoms with Gasteiger partial charge in [0.1, 0.15) is 6.10 Å². The van der Waals surface area contributed by atoms with Crippen molar-refractivity contribution in [3.05, 3.63) is 11.6 Å². The van der Waals surface area contributed by atoms with Crippen molar-refractivity contribution in [3.63, 3.8) is 0 Å². The molecule has 0 aromatic carbocycles. The van der Waals surface area contributed by atoms with Gasteiger partial charge in [0.05, 0.1) is 36.6 Å². The van der Waals surface area contributed by atoms with E-state index in [4.69, 9.17) is 9.47 Å². The molecule has 0 aromatic rings. The normalized spacial score (nSPS) is 23.5. The number of unbranched alkanes of at least 4 members (excludes halogenated alkanes) is 14. The van der Waals surface area contributed by atoms with Crippen LogP contribution in [0.5, 0.6) is 0 Å². The predicted molar refractivity (Wildman–Crippen MR) is 168 cm³/mol. The first-order valence-corrected chi connectivity index (χ1v) is 17.6. The first kappa shape index (κ1) is 37.2. The summed E-state index contributed by atoms with van der Waals surface area (Å²) < 4.78 is 11.1. The molecule has 7 nitrogen and oxygen atoms in total. The maximum Gasteiger partial charge on any atom is 0.334 e. The van der Waals surface area contributed by atoms with Gasteiger partial charge in [-0.25, -0.2) is 4.79 Å².